The van der Waals surface area contributed by atoms with Gasteiger partial charge in [0.15, 0.2) is 5.78 Å². The zero-order chi connectivity index (χ0) is 23.6. The summed E-state index contributed by atoms with van der Waals surface area (Å²) >= 11 is 13.0. The van der Waals surface area contributed by atoms with Gasteiger partial charge >= 0.3 is 0 Å². The second-order valence-electron chi connectivity index (χ2n) is 7.61. The van der Waals surface area contributed by atoms with E-state index in [9.17, 15) is 18.0 Å². The van der Waals surface area contributed by atoms with Crippen LogP contribution in [0, 0.1) is 5.92 Å². The van der Waals surface area contributed by atoms with Crippen LogP contribution in [0.3, 0.4) is 0 Å². The van der Waals surface area contributed by atoms with Crippen LogP contribution in [0.15, 0.2) is 64.9 Å². The number of hydrogen-bond donors (Lipinski definition) is 1. The number of nitrogens with one attached hydrogen (secondary N) is 1. The zero-order valence-corrected chi connectivity index (χ0v) is 20.5. The van der Waals surface area contributed by atoms with Crippen LogP contribution < -0.4 is 5.32 Å². The lowest BCUT2D eigenvalue weighted by molar-refractivity contribution is -0.120. The van der Waals surface area contributed by atoms with Gasteiger partial charge in [0.1, 0.15) is 4.21 Å². The summed E-state index contributed by atoms with van der Waals surface area (Å²) in [4.78, 5) is 25.9. The van der Waals surface area contributed by atoms with E-state index in [1.807, 2.05) is 6.07 Å². The van der Waals surface area contributed by atoms with E-state index in [1.54, 1.807) is 42.5 Å². The Morgan fingerprint density at radius 1 is 0.970 bits per heavy atom. The minimum Gasteiger partial charge on any atom is -0.325 e. The molecule has 10 heteroatoms. The first-order valence-corrected chi connectivity index (χ1v) is 13.2. The first-order chi connectivity index (χ1) is 15.8. The summed E-state index contributed by atoms with van der Waals surface area (Å²) in [6, 6.07) is 16.6. The fourth-order valence-corrected chi connectivity index (χ4v) is 6.99. The molecule has 1 aromatic heterocycles. The molecule has 0 bridgehead atoms. The number of piperidine rings is 1. The van der Waals surface area contributed by atoms with Gasteiger partial charge in [-0.1, -0.05) is 53.5 Å². The molecule has 1 amide bonds. The normalized spacial score (nSPS) is 15.3. The number of sulfonamides is 1. The molecule has 1 saturated heterocycles. The minimum atomic E-state index is -3.63. The highest BCUT2D eigenvalue weighted by Gasteiger charge is 2.33. The van der Waals surface area contributed by atoms with Crippen molar-refractivity contribution in [1.29, 1.82) is 0 Å². The number of nitrogens with zero attached hydrogens (tertiary/aromatic N) is 1. The summed E-state index contributed by atoms with van der Waals surface area (Å²) in [5.74, 6) is -0.877. The molecule has 0 saturated carbocycles. The van der Waals surface area contributed by atoms with Crippen molar-refractivity contribution in [3.05, 3.63) is 81.1 Å². The van der Waals surface area contributed by atoms with Crippen molar-refractivity contribution in [2.75, 3.05) is 18.4 Å². The molecule has 0 radical (unpaired) electrons. The SMILES string of the molecule is O=C(c1ccccc1)c1cc(Cl)ccc1NC(=O)C1CCN(S(=O)(=O)c2ccc(Cl)s2)CC1. The van der Waals surface area contributed by atoms with Gasteiger partial charge in [0.25, 0.3) is 10.0 Å². The lowest BCUT2D eigenvalue weighted by Crippen LogP contribution is -2.41. The highest BCUT2D eigenvalue weighted by molar-refractivity contribution is 7.91. The molecule has 1 aliphatic rings. The molecule has 6 nitrogen and oxygen atoms in total. The van der Waals surface area contributed by atoms with E-state index in [1.165, 1.54) is 16.4 Å². The predicted molar refractivity (Wildman–Crippen MR) is 131 cm³/mol. The maximum Gasteiger partial charge on any atom is 0.252 e. The van der Waals surface area contributed by atoms with Crippen molar-refractivity contribution in [1.82, 2.24) is 4.31 Å². The summed E-state index contributed by atoms with van der Waals surface area (Å²) in [7, 11) is -3.63. The molecular formula is C23H20Cl2N2O4S2. The Morgan fingerprint density at radius 3 is 2.30 bits per heavy atom. The van der Waals surface area contributed by atoms with Gasteiger partial charge in [-0.15, -0.1) is 11.3 Å². The molecular weight excluding hydrogens is 503 g/mol. The number of benzene rings is 2. The molecule has 33 heavy (non-hydrogen) atoms. The highest BCUT2D eigenvalue weighted by atomic mass is 35.5. The summed E-state index contributed by atoms with van der Waals surface area (Å²) < 4.78 is 27.5. The van der Waals surface area contributed by atoms with Gasteiger partial charge in [-0.3, -0.25) is 9.59 Å². The first-order valence-electron chi connectivity index (χ1n) is 10.2. The molecule has 1 fully saturated rings. The largest absolute Gasteiger partial charge is 0.325 e. The Balaban J connectivity index is 1.45. The van der Waals surface area contributed by atoms with E-state index >= 15 is 0 Å². The van der Waals surface area contributed by atoms with Crippen molar-refractivity contribution >= 4 is 61.9 Å². The minimum absolute atomic E-state index is 0.195. The molecule has 2 heterocycles. The van der Waals surface area contributed by atoms with Gasteiger partial charge in [-0.25, -0.2) is 8.42 Å². The number of ketones is 1. The number of amides is 1. The van der Waals surface area contributed by atoms with Crippen molar-refractivity contribution in [3.8, 4) is 0 Å². The lowest BCUT2D eigenvalue weighted by atomic mass is 9.96. The van der Waals surface area contributed by atoms with E-state index in [4.69, 9.17) is 23.2 Å². The summed E-state index contributed by atoms with van der Waals surface area (Å²) in [6.07, 6.45) is 0.749. The molecule has 1 N–H and O–H groups in total. The molecule has 172 valence electrons. The quantitative estimate of drug-likeness (QED) is 0.443. The Morgan fingerprint density at radius 2 is 1.67 bits per heavy atom. The Labute approximate surface area is 206 Å². The van der Waals surface area contributed by atoms with Crippen molar-refractivity contribution < 1.29 is 18.0 Å². The number of carbonyl (C=O) groups excluding carboxylic acids is 2. The maximum absolute atomic E-state index is 13.0. The number of halogens is 2. The predicted octanol–water partition coefficient (Wildman–Crippen LogP) is 5.33. The first kappa shape index (κ1) is 23.9. The number of carbonyl (C=O) groups is 2. The average Bonchev–Trinajstić information content (AvgIpc) is 3.27. The molecule has 4 rings (SSSR count). The van der Waals surface area contributed by atoms with Crippen LogP contribution >= 0.6 is 34.5 Å². The standard InChI is InChI=1S/C23H20Cl2N2O4S2/c24-17-6-7-19(18(14-17)22(28)15-4-2-1-3-5-15)26-23(29)16-10-12-27(13-11-16)33(30,31)21-9-8-20(25)32-21/h1-9,14,16H,10-13H2,(H,26,29). The van der Waals surface area contributed by atoms with Crippen LogP contribution in [0.5, 0.6) is 0 Å². The molecule has 0 unspecified atom stereocenters. The van der Waals surface area contributed by atoms with Gasteiger partial charge in [0.2, 0.25) is 5.91 Å². The summed E-state index contributed by atoms with van der Waals surface area (Å²) in [5, 5.41) is 3.23. The van der Waals surface area contributed by atoms with Gasteiger partial charge in [0.05, 0.1) is 10.0 Å². The Bertz CT molecular complexity index is 1280. The molecule has 0 spiro atoms. The summed E-state index contributed by atoms with van der Waals surface area (Å²) in [6.45, 7) is 0.457. The van der Waals surface area contributed by atoms with Crippen molar-refractivity contribution in [3.63, 3.8) is 0 Å². The monoisotopic (exact) mass is 522 g/mol. The van der Waals surface area contributed by atoms with Gasteiger partial charge in [-0.2, -0.15) is 4.31 Å². The zero-order valence-electron chi connectivity index (χ0n) is 17.3. The second-order valence-corrected chi connectivity index (χ2v) is 11.9. The Kier molecular flexibility index (Phi) is 7.21. The second kappa shape index (κ2) is 9.95. The van der Waals surface area contributed by atoms with E-state index in [-0.39, 0.29) is 34.9 Å². The van der Waals surface area contributed by atoms with Crippen LogP contribution in [0.2, 0.25) is 9.36 Å². The molecule has 3 aromatic rings. The maximum atomic E-state index is 13.0. The van der Waals surface area contributed by atoms with Crippen LogP contribution in [0.1, 0.15) is 28.8 Å². The fraction of sp³-hybridized carbons (Fsp3) is 0.217. The highest BCUT2D eigenvalue weighted by Crippen LogP contribution is 2.31. The van der Waals surface area contributed by atoms with E-state index in [0.29, 0.717) is 39.0 Å². The molecule has 0 atom stereocenters. The molecule has 2 aromatic carbocycles. The van der Waals surface area contributed by atoms with Gasteiger partial charge in [-0.05, 0) is 43.2 Å². The van der Waals surface area contributed by atoms with Crippen molar-refractivity contribution in [2.45, 2.75) is 17.1 Å². The third kappa shape index (κ3) is 5.31. The topological polar surface area (TPSA) is 83.6 Å². The lowest BCUT2D eigenvalue weighted by Gasteiger charge is -2.30. The van der Waals surface area contributed by atoms with E-state index < -0.39 is 10.0 Å². The Hall–Kier alpha value is -2.23. The third-order valence-electron chi connectivity index (χ3n) is 5.49. The van der Waals surface area contributed by atoms with Crippen LogP contribution in [0.4, 0.5) is 5.69 Å². The van der Waals surface area contributed by atoms with E-state index in [2.05, 4.69) is 5.32 Å². The molecule has 1 aliphatic heterocycles. The summed E-state index contributed by atoms with van der Waals surface area (Å²) in [5.41, 5.74) is 1.17. The third-order valence-corrected chi connectivity index (χ3v) is 9.32. The number of anilines is 1. The van der Waals surface area contributed by atoms with Gasteiger partial charge < -0.3 is 5.32 Å². The van der Waals surface area contributed by atoms with Crippen molar-refractivity contribution in [2.24, 2.45) is 5.92 Å². The number of rotatable bonds is 6. The smallest absolute Gasteiger partial charge is 0.252 e. The average molecular weight is 523 g/mol. The van der Waals surface area contributed by atoms with Crippen LogP contribution in [-0.4, -0.2) is 37.5 Å². The van der Waals surface area contributed by atoms with Crippen LogP contribution in [0.25, 0.3) is 0 Å². The van der Waals surface area contributed by atoms with Gasteiger partial charge in [0, 0.05) is 35.2 Å². The number of hydrogen-bond acceptors (Lipinski definition) is 5. The van der Waals surface area contributed by atoms with E-state index in [0.717, 1.165) is 11.3 Å². The number of thiophene rings is 1. The molecule has 0 aliphatic carbocycles. The fourth-order valence-electron chi connectivity index (χ4n) is 3.72. The van der Waals surface area contributed by atoms with Crippen LogP contribution in [-0.2, 0) is 14.8 Å².